The quantitative estimate of drug-likeness (QED) is 0.522. The number of nitrogens with one attached hydrogen (secondary N) is 1. The number of nitrogens with zero attached hydrogens (tertiary/aromatic N) is 1. The van der Waals surface area contributed by atoms with Crippen molar-refractivity contribution in [3.63, 3.8) is 0 Å². The number of rotatable bonds is 7. The SMILES string of the molecule is COC(=O)c1cc(NC(=O)CN(c2cccc(SC)c2)S(C)(=O)=O)ccc1Cl. The van der Waals surface area contributed by atoms with E-state index in [1.54, 1.807) is 18.2 Å². The molecular weight excluding hydrogens is 424 g/mol. The molecule has 0 radical (unpaired) electrons. The molecule has 0 aliphatic heterocycles. The zero-order chi connectivity index (χ0) is 20.9. The van der Waals surface area contributed by atoms with Gasteiger partial charge >= 0.3 is 5.97 Å². The van der Waals surface area contributed by atoms with E-state index in [1.807, 2.05) is 12.3 Å². The van der Waals surface area contributed by atoms with Gasteiger partial charge in [0.25, 0.3) is 0 Å². The van der Waals surface area contributed by atoms with Gasteiger partial charge in [-0.25, -0.2) is 13.2 Å². The number of thioether (sulfide) groups is 1. The molecule has 0 aliphatic rings. The van der Waals surface area contributed by atoms with Gasteiger partial charge in [0.2, 0.25) is 15.9 Å². The topological polar surface area (TPSA) is 92.8 Å². The summed E-state index contributed by atoms with van der Waals surface area (Å²) in [5.41, 5.74) is 0.770. The number of ether oxygens (including phenoxy) is 1. The van der Waals surface area contributed by atoms with Crippen molar-refractivity contribution in [1.82, 2.24) is 0 Å². The average Bonchev–Trinajstić information content (AvgIpc) is 2.66. The van der Waals surface area contributed by atoms with E-state index in [0.29, 0.717) is 11.4 Å². The summed E-state index contributed by atoms with van der Waals surface area (Å²) in [6.45, 7) is -0.424. The Morgan fingerprint density at radius 2 is 1.93 bits per heavy atom. The van der Waals surface area contributed by atoms with Crippen molar-refractivity contribution < 1.29 is 22.7 Å². The summed E-state index contributed by atoms with van der Waals surface area (Å²) in [5.74, 6) is -1.22. The molecule has 28 heavy (non-hydrogen) atoms. The fraction of sp³-hybridized carbons (Fsp3) is 0.222. The summed E-state index contributed by atoms with van der Waals surface area (Å²) in [7, 11) is -2.48. The summed E-state index contributed by atoms with van der Waals surface area (Å²) < 4.78 is 30.1. The fourth-order valence-corrected chi connectivity index (χ4v) is 3.86. The molecule has 1 amide bonds. The van der Waals surface area contributed by atoms with E-state index >= 15 is 0 Å². The number of sulfonamides is 1. The van der Waals surface area contributed by atoms with Crippen LogP contribution in [0.3, 0.4) is 0 Å². The molecule has 0 aromatic heterocycles. The second kappa shape index (κ2) is 9.31. The van der Waals surface area contributed by atoms with Gasteiger partial charge in [-0.1, -0.05) is 17.7 Å². The van der Waals surface area contributed by atoms with Gasteiger partial charge in [-0.2, -0.15) is 0 Å². The summed E-state index contributed by atoms with van der Waals surface area (Å²) >= 11 is 7.42. The van der Waals surface area contributed by atoms with Gasteiger partial charge in [0.05, 0.1) is 29.6 Å². The first-order valence-electron chi connectivity index (χ1n) is 7.95. The maximum atomic E-state index is 12.5. The Bertz CT molecular complexity index is 995. The summed E-state index contributed by atoms with van der Waals surface area (Å²) in [5, 5.41) is 2.75. The van der Waals surface area contributed by atoms with E-state index in [0.717, 1.165) is 15.5 Å². The monoisotopic (exact) mass is 442 g/mol. The van der Waals surface area contributed by atoms with Crippen molar-refractivity contribution in [3.05, 3.63) is 53.1 Å². The Kier molecular flexibility index (Phi) is 7.34. The van der Waals surface area contributed by atoms with Gasteiger partial charge in [0.15, 0.2) is 0 Å². The van der Waals surface area contributed by atoms with Gasteiger partial charge < -0.3 is 10.1 Å². The third kappa shape index (κ3) is 5.63. The van der Waals surface area contributed by atoms with Crippen molar-refractivity contribution in [2.75, 3.05) is 35.8 Å². The van der Waals surface area contributed by atoms with Crippen LogP contribution in [0, 0.1) is 0 Å². The first-order chi connectivity index (χ1) is 13.2. The molecule has 0 saturated heterocycles. The number of methoxy groups -OCH3 is 1. The number of hydrogen-bond donors (Lipinski definition) is 1. The number of carbonyl (C=O) groups is 2. The van der Waals surface area contributed by atoms with Gasteiger partial charge in [0.1, 0.15) is 6.54 Å². The molecule has 0 atom stereocenters. The van der Waals surface area contributed by atoms with Crippen molar-refractivity contribution >= 4 is 56.6 Å². The van der Waals surface area contributed by atoms with Crippen molar-refractivity contribution in [3.8, 4) is 0 Å². The summed E-state index contributed by atoms with van der Waals surface area (Å²) in [6.07, 6.45) is 2.90. The Labute approximate surface area is 173 Å². The Balaban J connectivity index is 2.24. The van der Waals surface area contributed by atoms with Crippen molar-refractivity contribution in [2.45, 2.75) is 4.90 Å². The summed E-state index contributed by atoms with van der Waals surface area (Å²) in [6, 6.07) is 11.2. The smallest absolute Gasteiger partial charge is 0.339 e. The van der Waals surface area contributed by atoms with Crippen LogP contribution in [0.4, 0.5) is 11.4 Å². The minimum absolute atomic E-state index is 0.0922. The number of carbonyl (C=O) groups excluding carboxylic acids is 2. The molecule has 0 aliphatic carbocycles. The van der Waals surface area contributed by atoms with E-state index in [9.17, 15) is 18.0 Å². The largest absolute Gasteiger partial charge is 0.465 e. The Morgan fingerprint density at radius 1 is 1.21 bits per heavy atom. The van der Waals surface area contributed by atoms with E-state index in [1.165, 1.54) is 37.1 Å². The molecule has 0 spiro atoms. The zero-order valence-electron chi connectivity index (χ0n) is 15.4. The zero-order valence-corrected chi connectivity index (χ0v) is 17.8. The third-order valence-corrected chi connectivity index (χ3v) is 5.88. The van der Waals surface area contributed by atoms with Crippen LogP contribution in [-0.4, -0.2) is 46.5 Å². The lowest BCUT2D eigenvalue weighted by Gasteiger charge is -2.22. The third-order valence-electron chi connectivity index (χ3n) is 3.68. The number of amides is 1. The average molecular weight is 443 g/mol. The van der Waals surface area contributed by atoms with Gasteiger partial charge in [-0.05, 0) is 42.7 Å². The van der Waals surface area contributed by atoms with Crippen LogP contribution in [-0.2, 0) is 19.6 Å². The molecule has 2 rings (SSSR count). The molecule has 7 nitrogen and oxygen atoms in total. The number of anilines is 2. The Hall–Kier alpha value is -2.23. The van der Waals surface area contributed by atoms with Crippen molar-refractivity contribution in [2.24, 2.45) is 0 Å². The highest BCUT2D eigenvalue weighted by Crippen LogP contribution is 2.25. The lowest BCUT2D eigenvalue weighted by atomic mass is 10.2. The Morgan fingerprint density at radius 3 is 2.54 bits per heavy atom. The minimum Gasteiger partial charge on any atom is -0.465 e. The lowest BCUT2D eigenvalue weighted by molar-refractivity contribution is -0.114. The summed E-state index contributed by atoms with van der Waals surface area (Å²) in [4.78, 5) is 25.0. The second-order valence-corrected chi connectivity index (χ2v) is 8.90. The van der Waals surface area contributed by atoms with E-state index in [4.69, 9.17) is 11.6 Å². The van der Waals surface area contributed by atoms with E-state index < -0.39 is 28.4 Å². The molecule has 0 unspecified atom stereocenters. The molecule has 2 aromatic rings. The maximum absolute atomic E-state index is 12.5. The van der Waals surface area contributed by atoms with Gasteiger partial charge in [0, 0.05) is 10.6 Å². The molecular formula is C18H19ClN2O5S2. The number of hydrogen-bond acceptors (Lipinski definition) is 6. The molecule has 0 heterocycles. The van der Waals surface area contributed by atoms with Crippen LogP contribution in [0.2, 0.25) is 5.02 Å². The van der Waals surface area contributed by atoms with Crippen LogP contribution in [0.5, 0.6) is 0 Å². The predicted octanol–water partition coefficient (Wildman–Crippen LogP) is 3.25. The minimum atomic E-state index is -3.69. The fourth-order valence-electron chi connectivity index (χ4n) is 2.37. The van der Waals surface area contributed by atoms with Crippen molar-refractivity contribution in [1.29, 1.82) is 0 Å². The molecule has 10 heteroatoms. The van der Waals surface area contributed by atoms with Gasteiger partial charge in [-0.3, -0.25) is 9.10 Å². The number of halogens is 1. The van der Waals surface area contributed by atoms with Crippen LogP contribution in [0.1, 0.15) is 10.4 Å². The highest BCUT2D eigenvalue weighted by atomic mass is 35.5. The van der Waals surface area contributed by atoms with Gasteiger partial charge in [-0.15, -0.1) is 11.8 Å². The number of esters is 1. The lowest BCUT2D eigenvalue weighted by Crippen LogP contribution is -2.37. The molecule has 0 bridgehead atoms. The van der Waals surface area contributed by atoms with Crippen LogP contribution >= 0.6 is 23.4 Å². The van der Waals surface area contributed by atoms with E-state index in [-0.39, 0.29) is 10.6 Å². The molecule has 150 valence electrons. The second-order valence-electron chi connectivity index (χ2n) is 5.71. The predicted molar refractivity (Wildman–Crippen MR) is 112 cm³/mol. The van der Waals surface area contributed by atoms with E-state index in [2.05, 4.69) is 10.1 Å². The first-order valence-corrected chi connectivity index (χ1v) is 11.4. The molecule has 0 fully saturated rings. The normalized spacial score (nSPS) is 11.0. The molecule has 2 aromatic carbocycles. The standard InChI is InChI=1S/C18H19ClN2O5S2/c1-26-18(23)15-9-12(7-8-16(15)19)20-17(22)11-21(28(3,24)25)13-5-4-6-14(10-13)27-2/h4-10H,11H2,1-3H3,(H,20,22). The number of benzene rings is 2. The highest BCUT2D eigenvalue weighted by molar-refractivity contribution is 7.98. The first kappa shape index (κ1) is 22.1. The molecule has 0 saturated carbocycles. The highest BCUT2D eigenvalue weighted by Gasteiger charge is 2.21. The van der Waals surface area contributed by atoms with Crippen LogP contribution in [0.15, 0.2) is 47.4 Å². The maximum Gasteiger partial charge on any atom is 0.339 e. The van der Waals surface area contributed by atoms with Crippen LogP contribution in [0.25, 0.3) is 0 Å². The molecule has 1 N–H and O–H groups in total. The van der Waals surface area contributed by atoms with Crippen LogP contribution < -0.4 is 9.62 Å².